The Bertz CT molecular complexity index is 1140. The van der Waals surface area contributed by atoms with Crippen LogP contribution >= 0.6 is 0 Å². The molecule has 36 heavy (non-hydrogen) atoms. The number of aliphatic carboxylic acids is 1. The van der Waals surface area contributed by atoms with Crippen molar-refractivity contribution in [2.75, 3.05) is 39.3 Å². The third-order valence-corrected chi connectivity index (χ3v) is 7.36. The summed E-state index contributed by atoms with van der Waals surface area (Å²) >= 11 is 0. The van der Waals surface area contributed by atoms with E-state index in [0.29, 0.717) is 12.2 Å². The highest BCUT2D eigenvalue weighted by Gasteiger charge is 2.56. The number of benzene rings is 1. The van der Waals surface area contributed by atoms with Gasteiger partial charge in [0.15, 0.2) is 23.9 Å². The number of aromatic nitrogens is 1. The fourth-order valence-corrected chi connectivity index (χ4v) is 5.35. The first-order valence-electron chi connectivity index (χ1n) is 12.3. The quantitative estimate of drug-likeness (QED) is 0.596. The summed E-state index contributed by atoms with van der Waals surface area (Å²) in [6.45, 7) is 2.58. The highest BCUT2D eigenvalue weighted by molar-refractivity contribution is 6.07. The normalized spacial score (nSPS) is 22.9. The molecule has 3 aliphatic rings. The van der Waals surface area contributed by atoms with Gasteiger partial charge in [0.25, 0.3) is 5.91 Å². The number of amides is 4. The van der Waals surface area contributed by atoms with Crippen molar-refractivity contribution in [3.05, 3.63) is 42.4 Å². The van der Waals surface area contributed by atoms with Gasteiger partial charge in [-0.15, -0.1) is 0 Å². The van der Waals surface area contributed by atoms with E-state index in [9.17, 15) is 24.3 Å². The SMILES string of the molecule is O=C(O)[C@@H]1[C@@H](CC2CCNCC2)C(=O)N1C(=O)N1CCN(C(=O)c2ncoc2-c2ccccc2)CC1. The number of oxazole rings is 1. The lowest BCUT2D eigenvalue weighted by atomic mass is 9.78. The number of rotatable bonds is 5. The zero-order chi connectivity index (χ0) is 25.2. The summed E-state index contributed by atoms with van der Waals surface area (Å²) in [6, 6.07) is 7.47. The number of hydrogen-bond acceptors (Lipinski definition) is 7. The molecule has 2 N–H and O–H groups in total. The number of urea groups is 1. The lowest BCUT2D eigenvalue weighted by Gasteiger charge is -2.47. The first-order chi connectivity index (χ1) is 17.5. The number of piperazine rings is 1. The molecule has 5 rings (SSSR count). The highest BCUT2D eigenvalue weighted by atomic mass is 16.4. The minimum Gasteiger partial charge on any atom is -0.480 e. The Morgan fingerprint density at radius 2 is 1.69 bits per heavy atom. The molecule has 11 nitrogen and oxygen atoms in total. The van der Waals surface area contributed by atoms with E-state index in [1.165, 1.54) is 11.3 Å². The van der Waals surface area contributed by atoms with Crippen molar-refractivity contribution in [2.24, 2.45) is 11.8 Å². The van der Waals surface area contributed by atoms with Gasteiger partial charge < -0.3 is 24.6 Å². The molecule has 2 aromatic rings. The van der Waals surface area contributed by atoms with Crippen LogP contribution in [0.15, 0.2) is 41.1 Å². The van der Waals surface area contributed by atoms with Crippen LogP contribution in [0.25, 0.3) is 11.3 Å². The number of β-lactam (4-membered cyclic amide) rings is 1. The lowest BCUT2D eigenvalue weighted by Crippen LogP contribution is -2.69. The Hall–Kier alpha value is -3.73. The summed E-state index contributed by atoms with van der Waals surface area (Å²) in [5.41, 5.74) is 0.938. The molecule has 2 atom stereocenters. The van der Waals surface area contributed by atoms with Crippen molar-refractivity contribution >= 4 is 23.8 Å². The Kier molecular flexibility index (Phi) is 6.73. The van der Waals surface area contributed by atoms with E-state index < -0.39 is 29.9 Å². The van der Waals surface area contributed by atoms with Gasteiger partial charge in [0, 0.05) is 31.7 Å². The van der Waals surface area contributed by atoms with Gasteiger partial charge >= 0.3 is 12.0 Å². The summed E-state index contributed by atoms with van der Waals surface area (Å²) in [5, 5.41) is 13.0. The molecule has 3 fully saturated rings. The van der Waals surface area contributed by atoms with E-state index in [4.69, 9.17) is 4.42 Å². The van der Waals surface area contributed by atoms with Gasteiger partial charge in [0.1, 0.15) is 0 Å². The molecule has 0 unspecified atom stereocenters. The van der Waals surface area contributed by atoms with Crippen LogP contribution < -0.4 is 5.32 Å². The number of nitrogens with zero attached hydrogens (tertiary/aromatic N) is 4. The molecule has 0 aliphatic carbocycles. The van der Waals surface area contributed by atoms with Crippen molar-refractivity contribution in [2.45, 2.75) is 25.3 Å². The average Bonchev–Trinajstić information content (AvgIpc) is 3.40. The monoisotopic (exact) mass is 495 g/mol. The predicted octanol–water partition coefficient (Wildman–Crippen LogP) is 1.52. The Morgan fingerprint density at radius 1 is 1.03 bits per heavy atom. The number of carboxylic acid groups (broad SMARTS) is 1. The maximum atomic E-state index is 13.1. The highest BCUT2D eigenvalue weighted by Crippen LogP contribution is 2.36. The molecule has 11 heteroatoms. The summed E-state index contributed by atoms with van der Waals surface area (Å²) in [5.74, 6) is -1.88. The fourth-order valence-electron chi connectivity index (χ4n) is 5.35. The largest absolute Gasteiger partial charge is 0.480 e. The number of carboxylic acids is 1. The van der Waals surface area contributed by atoms with Crippen LogP contribution in [0.4, 0.5) is 4.79 Å². The van der Waals surface area contributed by atoms with E-state index >= 15 is 0 Å². The van der Waals surface area contributed by atoms with Gasteiger partial charge in [-0.05, 0) is 38.3 Å². The van der Waals surface area contributed by atoms with Crippen molar-refractivity contribution < 1.29 is 28.7 Å². The van der Waals surface area contributed by atoms with E-state index in [-0.39, 0.29) is 43.7 Å². The molecular weight excluding hydrogens is 466 g/mol. The number of hydrogen-bond donors (Lipinski definition) is 2. The fraction of sp³-hybridized carbons (Fsp3) is 0.480. The zero-order valence-corrected chi connectivity index (χ0v) is 19.8. The van der Waals surface area contributed by atoms with Crippen molar-refractivity contribution in [3.63, 3.8) is 0 Å². The van der Waals surface area contributed by atoms with Crippen LogP contribution in [-0.4, -0.2) is 93.9 Å². The summed E-state index contributed by atoms with van der Waals surface area (Å²) in [7, 11) is 0. The molecular formula is C25H29N5O6. The standard InChI is InChI=1S/C25H29N5O6/c31-22-18(14-16-6-8-26-9-7-16)20(24(33)34)30(22)25(35)29-12-10-28(11-13-29)23(32)19-21(36-15-27-19)17-4-2-1-3-5-17/h1-5,15-16,18,20,26H,6-14H2,(H,33,34)/t18-,20+/m1/s1. The molecule has 1 aromatic heterocycles. The Morgan fingerprint density at radius 3 is 2.36 bits per heavy atom. The van der Waals surface area contributed by atoms with E-state index in [2.05, 4.69) is 10.3 Å². The Balaban J connectivity index is 1.20. The minimum atomic E-state index is -1.16. The minimum absolute atomic E-state index is 0.193. The maximum Gasteiger partial charge on any atom is 0.327 e. The second kappa shape index (κ2) is 10.1. The predicted molar refractivity (Wildman–Crippen MR) is 127 cm³/mol. The van der Waals surface area contributed by atoms with E-state index in [0.717, 1.165) is 36.4 Å². The summed E-state index contributed by atoms with van der Waals surface area (Å²) < 4.78 is 5.46. The lowest BCUT2D eigenvalue weighted by molar-refractivity contribution is -0.167. The number of carbonyl (C=O) groups is 4. The van der Waals surface area contributed by atoms with Gasteiger partial charge in [-0.3, -0.25) is 9.59 Å². The molecule has 0 saturated carbocycles. The van der Waals surface area contributed by atoms with Crippen LogP contribution in [-0.2, 0) is 9.59 Å². The van der Waals surface area contributed by atoms with E-state index in [1.54, 1.807) is 4.90 Å². The molecule has 3 aliphatic heterocycles. The van der Waals surface area contributed by atoms with Gasteiger partial charge in [-0.25, -0.2) is 19.5 Å². The maximum absolute atomic E-state index is 13.1. The number of piperidine rings is 1. The molecule has 4 heterocycles. The van der Waals surface area contributed by atoms with Crippen LogP contribution in [0, 0.1) is 11.8 Å². The summed E-state index contributed by atoms with van der Waals surface area (Å²) in [6.07, 6.45) is 3.53. The molecule has 0 spiro atoms. The van der Waals surface area contributed by atoms with Crippen molar-refractivity contribution in [1.82, 2.24) is 25.0 Å². The number of imide groups is 1. The van der Waals surface area contributed by atoms with E-state index in [1.807, 2.05) is 30.3 Å². The van der Waals surface area contributed by atoms with Crippen LogP contribution in [0.1, 0.15) is 29.8 Å². The van der Waals surface area contributed by atoms with Crippen molar-refractivity contribution in [1.29, 1.82) is 0 Å². The molecule has 4 amide bonds. The van der Waals surface area contributed by atoms with Crippen LogP contribution in [0.5, 0.6) is 0 Å². The zero-order valence-electron chi connectivity index (χ0n) is 19.8. The smallest absolute Gasteiger partial charge is 0.327 e. The van der Waals surface area contributed by atoms with Gasteiger partial charge in [0.05, 0.1) is 5.92 Å². The van der Waals surface area contributed by atoms with Gasteiger partial charge in [0.2, 0.25) is 5.91 Å². The third-order valence-electron chi connectivity index (χ3n) is 7.36. The van der Waals surface area contributed by atoms with Crippen LogP contribution in [0.3, 0.4) is 0 Å². The van der Waals surface area contributed by atoms with Gasteiger partial charge in [-0.1, -0.05) is 30.3 Å². The molecule has 3 saturated heterocycles. The summed E-state index contributed by atoms with van der Waals surface area (Å²) in [4.78, 5) is 59.1. The van der Waals surface area contributed by atoms with Crippen molar-refractivity contribution in [3.8, 4) is 11.3 Å². The van der Waals surface area contributed by atoms with Gasteiger partial charge in [-0.2, -0.15) is 0 Å². The first-order valence-corrected chi connectivity index (χ1v) is 12.3. The molecule has 0 radical (unpaired) electrons. The average molecular weight is 496 g/mol. The number of nitrogens with one attached hydrogen (secondary N) is 1. The molecule has 1 aromatic carbocycles. The third kappa shape index (κ3) is 4.46. The number of likely N-dealkylation sites (tertiary alicyclic amines) is 1. The second-order valence-electron chi connectivity index (χ2n) is 9.48. The molecule has 190 valence electrons. The second-order valence-corrected chi connectivity index (χ2v) is 9.48. The molecule has 0 bridgehead atoms. The Labute approximate surface area is 208 Å². The topological polar surface area (TPSA) is 136 Å². The van der Waals surface area contributed by atoms with Crippen LogP contribution in [0.2, 0.25) is 0 Å². The number of carbonyl (C=O) groups excluding carboxylic acids is 3. The first kappa shape index (κ1) is 24.0.